The second kappa shape index (κ2) is 7.62. The molecule has 27 heavy (non-hydrogen) atoms. The second-order valence-electron chi connectivity index (χ2n) is 6.79. The normalized spacial score (nSPS) is 15.5. The Bertz CT molecular complexity index is 1050. The fourth-order valence-electron chi connectivity index (χ4n) is 3.64. The van der Waals surface area contributed by atoms with E-state index in [1.54, 1.807) is 12.3 Å². The maximum Gasteiger partial charge on any atom is 0.328 e. The Morgan fingerprint density at radius 2 is 1.78 bits per heavy atom. The molecule has 1 aliphatic heterocycles. The number of H-pyrrole nitrogens is 2. The Morgan fingerprint density at radius 1 is 1.00 bits per heavy atom. The zero-order valence-corrected chi connectivity index (χ0v) is 15.7. The van der Waals surface area contributed by atoms with Crippen molar-refractivity contribution in [3.05, 3.63) is 62.4 Å². The Morgan fingerprint density at radius 3 is 2.56 bits per heavy atom. The van der Waals surface area contributed by atoms with Crippen LogP contribution >= 0.6 is 11.6 Å². The predicted molar refractivity (Wildman–Crippen MR) is 108 cm³/mol. The molecule has 0 saturated carbocycles. The van der Waals surface area contributed by atoms with E-state index in [9.17, 15) is 9.59 Å². The third-order valence-corrected chi connectivity index (χ3v) is 5.43. The lowest BCUT2D eigenvalue weighted by molar-refractivity contribution is 0.249. The first-order valence-electron chi connectivity index (χ1n) is 9.15. The van der Waals surface area contributed by atoms with Crippen LogP contribution in [0.1, 0.15) is 6.42 Å². The number of anilines is 1. The third kappa shape index (κ3) is 3.65. The molecule has 1 saturated heterocycles. The number of halogens is 1. The molecule has 0 spiro atoms. The van der Waals surface area contributed by atoms with E-state index >= 15 is 0 Å². The number of piperazine rings is 1. The molecular weight excluding hydrogens is 366 g/mol. The lowest BCUT2D eigenvalue weighted by Crippen LogP contribution is -2.47. The first kappa shape index (κ1) is 17.9. The summed E-state index contributed by atoms with van der Waals surface area (Å²) in [6.07, 6.45) is 2.41. The smallest absolute Gasteiger partial charge is 0.328 e. The van der Waals surface area contributed by atoms with E-state index < -0.39 is 0 Å². The van der Waals surface area contributed by atoms with Crippen molar-refractivity contribution in [2.75, 3.05) is 37.6 Å². The van der Waals surface area contributed by atoms with Gasteiger partial charge >= 0.3 is 5.69 Å². The van der Waals surface area contributed by atoms with Crippen molar-refractivity contribution in [1.29, 1.82) is 0 Å². The summed E-state index contributed by atoms with van der Waals surface area (Å²) in [6, 6.07) is 9.61. The van der Waals surface area contributed by atoms with E-state index in [0.29, 0.717) is 17.6 Å². The van der Waals surface area contributed by atoms with Crippen molar-refractivity contribution in [3.63, 3.8) is 0 Å². The molecule has 1 aliphatic rings. The Hall–Kier alpha value is -2.51. The van der Waals surface area contributed by atoms with E-state index in [-0.39, 0.29) is 11.2 Å². The molecule has 7 nitrogen and oxygen atoms in total. The minimum absolute atomic E-state index is 0.262. The predicted octanol–water partition coefficient (Wildman–Crippen LogP) is 1.88. The zero-order valence-electron chi connectivity index (χ0n) is 14.9. The van der Waals surface area contributed by atoms with Gasteiger partial charge in [0.1, 0.15) is 5.52 Å². The van der Waals surface area contributed by atoms with Crippen molar-refractivity contribution in [1.82, 2.24) is 19.4 Å². The summed E-state index contributed by atoms with van der Waals surface area (Å²) in [5.41, 5.74) is 1.47. The molecule has 142 valence electrons. The van der Waals surface area contributed by atoms with Gasteiger partial charge in [-0.05, 0) is 31.2 Å². The Balaban J connectivity index is 1.33. The SMILES string of the molecule is O=c1[nH]c2cc[nH]c2c(=O)n1CCCN1CCN(c2ccccc2Cl)CC1. The quantitative estimate of drug-likeness (QED) is 0.700. The second-order valence-corrected chi connectivity index (χ2v) is 7.19. The van der Waals surface area contributed by atoms with Crippen LogP contribution in [0.15, 0.2) is 46.1 Å². The summed E-state index contributed by atoms with van der Waals surface area (Å²) < 4.78 is 1.28. The molecular formula is C19H22ClN5O2. The highest BCUT2D eigenvalue weighted by Crippen LogP contribution is 2.25. The van der Waals surface area contributed by atoms with Crippen molar-refractivity contribution in [2.45, 2.75) is 13.0 Å². The number of hydrogen-bond donors (Lipinski definition) is 2. The van der Waals surface area contributed by atoms with Crippen LogP contribution in [0.3, 0.4) is 0 Å². The van der Waals surface area contributed by atoms with Crippen LogP contribution in [0.2, 0.25) is 5.02 Å². The fourth-order valence-corrected chi connectivity index (χ4v) is 3.89. The lowest BCUT2D eigenvalue weighted by atomic mass is 10.2. The first-order chi connectivity index (χ1) is 13.1. The Labute approximate surface area is 161 Å². The maximum absolute atomic E-state index is 12.4. The van der Waals surface area contributed by atoms with Crippen LogP contribution in [0.5, 0.6) is 0 Å². The van der Waals surface area contributed by atoms with Gasteiger partial charge in [-0.2, -0.15) is 0 Å². The first-order valence-corrected chi connectivity index (χ1v) is 9.53. The van der Waals surface area contributed by atoms with Crippen molar-refractivity contribution in [3.8, 4) is 0 Å². The van der Waals surface area contributed by atoms with E-state index in [4.69, 9.17) is 11.6 Å². The molecule has 2 N–H and O–H groups in total. The van der Waals surface area contributed by atoms with Crippen molar-refractivity contribution < 1.29 is 0 Å². The number of para-hydroxylation sites is 1. The third-order valence-electron chi connectivity index (χ3n) is 5.11. The van der Waals surface area contributed by atoms with Gasteiger partial charge in [-0.1, -0.05) is 23.7 Å². The molecule has 2 aromatic heterocycles. The van der Waals surface area contributed by atoms with Gasteiger partial charge in [0.2, 0.25) is 0 Å². The molecule has 8 heteroatoms. The maximum atomic E-state index is 12.4. The van der Waals surface area contributed by atoms with Crippen LogP contribution in [0, 0.1) is 0 Å². The van der Waals surface area contributed by atoms with E-state index in [1.165, 1.54) is 4.57 Å². The largest absolute Gasteiger partial charge is 0.368 e. The minimum Gasteiger partial charge on any atom is -0.368 e. The Kier molecular flexibility index (Phi) is 5.05. The molecule has 0 radical (unpaired) electrons. The summed E-state index contributed by atoms with van der Waals surface area (Å²) in [7, 11) is 0. The van der Waals surface area contributed by atoms with E-state index in [1.807, 2.05) is 24.3 Å². The van der Waals surface area contributed by atoms with Crippen LogP contribution < -0.4 is 16.1 Å². The molecule has 3 aromatic rings. The zero-order chi connectivity index (χ0) is 18.8. The van der Waals surface area contributed by atoms with Gasteiger partial charge in [0.15, 0.2) is 0 Å². The number of benzene rings is 1. The van der Waals surface area contributed by atoms with Crippen LogP contribution in [-0.4, -0.2) is 52.2 Å². The van der Waals surface area contributed by atoms with Gasteiger partial charge in [0.25, 0.3) is 5.56 Å². The fraction of sp³-hybridized carbons (Fsp3) is 0.368. The van der Waals surface area contributed by atoms with Gasteiger partial charge in [0, 0.05) is 38.9 Å². The highest BCUT2D eigenvalue weighted by Gasteiger charge is 2.18. The monoisotopic (exact) mass is 387 g/mol. The topological polar surface area (TPSA) is 77.1 Å². The van der Waals surface area contributed by atoms with Gasteiger partial charge in [-0.25, -0.2) is 4.79 Å². The summed E-state index contributed by atoms with van der Waals surface area (Å²) in [5.74, 6) is 0. The van der Waals surface area contributed by atoms with Crippen molar-refractivity contribution in [2.24, 2.45) is 0 Å². The number of fused-ring (bicyclic) bond motifs is 1. The van der Waals surface area contributed by atoms with E-state index in [0.717, 1.165) is 49.9 Å². The number of rotatable bonds is 5. The summed E-state index contributed by atoms with van der Waals surface area (Å²) in [5, 5.41) is 0.782. The molecule has 0 aliphatic carbocycles. The summed E-state index contributed by atoms with van der Waals surface area (Å²) >= 11 is 6.29. The molecule has 3 heterocycles. The highest BCUT2D eigenvalue weighted by molar-refractivity contribution is 6.33. The van der Waals surface area contributed by atoms with Crippen LogP contribution in [-0.2, 0) is 6.54 Å². The van der Waals surface area contributed by atoms with E-state index in [2.05, 4.69) is 19.8 Å². The summed E-state index contributed by atoms with van der Waals surface area (Å²) in [4.78, 5) is 34.8. The molecule has 0 atom stereocenters. The highest BCUT2D eigenvalue weighted by atomic mass is 35.5. The standard InChI is InChI=1S/C19H22ClN5O2/c20-14-4-1-2-5-16(14)24-12-10-23(11-13-24)8-3-9-25-18(26)17-15(6-7-21-17)22-19(25)27/h1-2,4-7,21H,3,8-13H2,(H,22,27). The molecule has 0 bridgehead atoms. The minimum atomic E-state index is -0.351. The molecule has 1 aromatic carbocycles. The number of aromatic amines is 2. The lowest BCUT2D eigenvalue weighted by Gasteiger charge is -2.36. The average Bonchev–Trinajstić information content (AvgIpc) is 3.14. The number of hydrogen-bond acceptors (Lipinski definition) is 4. The number of nitrogens with zero attached hydrogens (tertiary/aromatic N) is 3. The van der Waals surface area contributed by atoms with Crippen LogP contribution in [0.4, 0.5) is 5.69 Å². The van der Waals surface area contributed by atoms with Crippen LogP contribution in [0.25, 0.3) is 11.0 Å². The number of nitrogens with one attached hydrogen (secondary N) is 2. The molecule has 0 unspecified atom stereocenters. The summed E-state index contributed by atoms with van der Waals surface area (Å²) in [6.45, 7) is 4.97. The molecule has 1 fully saturated rings. The van der Waals surface area contributed by atoms with Gasteiger partial charge < -0.3 is 14.9 Å². The van der Waals surface area contributed by atoms with Gasteiger partial charge in [0.05, 0.1) is 16.2 Å². The van der Waals surface area contributed by atoms with Gasteiger partial charge in [-0.15, -0.1) is 0 Å². The molecule has 4 rings (SSSR count). The number of aromatic nitrogens is 3. The van der Waals surface area contributed by atoms with Gasteiger partial charge in [-0.3, -0.25) is 14.3 Å². The average molecular weight is 388 g/mol. The van der Waals surface area contributed by atoms with Crippen molar-refractivity contribution >= 4 is 28.3 Å². The molecule has 0 amide bonds.